The first kappa shape index (κ1) is 13.8. The molecule has 1 unspecified atom stereocenters. The normalized spacial score (nSPS) is 12.6. The fraction of sp³-hybridized carbons (Fsp3) is 0.385. The van der Waals surface area contributed by atoms with Crippen LogP contribution in [0.5, 0.6) is 0 Å². The molecular weight excluding hydrogens is 262 g/mol. The van der Waals surface area contributed by atoms with Crippen LogP contribution >= 0.6 is 11.3 Å². The summed E-state index contributed by atoms with van der Waals surface area (Å²) in [6, 6.07) is 3.52. The second-order valence-electron chi connectivity index (χ2n) is 4.60. The molecule has 0 aromatic carbocycles. The molecule has 0 aliphatic carbocycles. The van der Waals surface area contributed by atoms with Gasteiger partial charge in [0.1, 0.15) is 9.71 Å². The summed E-state index contributed by atoms with van der Waals surface area (Å²) in [6.07, 6.45) is 0. The Bertz CT molecular complexity index is 624. The van der Waals surface area contributed by atoms with Gasteiger partial charge < -0.3 is 15.7 Å². The van der Waals surface area contributed by atoms with Gasteiger partial charge in [-0.15, -0.1) is 11.3 Å². The summed E-state index contributed by atoms with van der Waals surface area (Å²) in [7, 11) is 1.66. The molecule has 0 saturated carbocycles. The van der Waals surface area contributed by atoms with Crippen molar-refractivity contribution in [2.24, 2.45) is 0 Å². The molecule has 1 atom stereocenters. The van der Waals surface area contributed by atoms with Gasteiger partial charge in [-0.3, -0.25) is 4.79 Å². The lowest BCUT2D eigenvalue weighted by molar-refractivity contribution is 0.0688. The van der Waals surface area contributed by atoms with Crippen LogP contribution in [0.15, 0.2) is 12.1 Å². The Hall–Kier alpha value is -1.66. The molecule has 2 heterocycles. The molecular formula is C13H17N3O2S. The summed E-state index contributed by atoms with van der Waals surface area (Å²) >= 11 is 1.29. The number of fused-ring (bicyclic) bond motifs is 1. The van der Waals surface area contributed by atoms with Crippen molar-refractivity contribution in [2.45, 2.75) is 19.9 Å². The van der Waals surface area contributed by atoms with Gasteiger partial charge in [-0.05, 0) is 26.0 Å². The Kier molecular flexibility index (Phi) is 3.73. The maximum Gasteiger partial charge on any atom is 0.266 e. The number of amides is 1. The molecule has 3 N–H and O–H groups in total. The Morgan fingerprint density at radius 1 is 1.58 bits per heavy atom. The average molecular weight is 279 g/mol. The molecule has 2 aromatic rings. The lowest BCUT2D eigenvalue weighted by atomic mass is 10.2. The van der Waals surface area contributed by atoms with Gasteiger partial charge in [0, 0.05) is 18.1 Å². The number of hydrogen-bond acceptors (Lipinski definition) is 5. The maximum atomic E-state index is 12.3. The number of nitrogens with two attached hydrogens (primary N) is 1. The topological polar surface area (TPSA) is 79.5 Å². The van der Waals surface area contributed by atoms with Crippen molar-refractivity contribution in [1.82, 2.24) is 9.88 Å². The maximum absolute atomic E-state index is 12.3. The molecule has 5 nitrogen and oxygen atoms in total. The third-order valence-electron chi connectivity index (χ3n) is 3.17. The van der Waals surface area contributed by atoms with Crippen LogP contribution in [0.3, 0.4) is 0 Å². The summed E-state index contributed by atoms with van der Waals surface area (Å²) in [5.41, 5.74) is 7.39. The van der Waals surface area contributed by atoms with Gasteiger partial charge in [0.2, 0.25) is 0 Å². The lowest BCUT2D eigenvalue weighted by Crippen LogP contribution is -2.37. The standard InChI is InChI=1S/C13H17N3O2S/c1-7-4-5-9-10(14)11(19-12(9)15-7)13(18)16(3)8(2)6-17/h4-5,8,17H,6,14H2,1-3H3. The summed E-state index contributed by atoms with van der Waals surface area (Å²) in [5, 5.41) is 9.92. The Morgan fingerprint density at radius 2 is 2.26 bits per heavy atom. The van der Waals surface area contributed by atoms with E-state index >= 15 is 0 Å². The molecule has 0 bridgehead atoms. The minimum Gasteiger partial charge on any atom is -0.397 e. The first-order chi connectivity index (χ1) is 8.95. The molecule has 2 aromatic heterocycles. The highest BCUT2D eigenvalue weighted by atomic mass is 32.1. The third kappa shape index (κ3) is 2.41. The first-order valence-electron chi connectivity index (χ1n) is 5.99. The number of likely N-dealkylation sites (N-methyl/N-ethyl adjacent to an activating group) is 1. The van der Waals surface area contributed by atoms with Crippen molar-refractivity contribution in [1.29, 1.82) is 0 Å². The van der Waals surface area contributed by atoms with Crippen LogP contribution in [0.1, 0.15) is 22.3 Å². The van der Waals surface area contributed by atoms with E-state index in [0.29, 0.717) is 10.6 Å². The number of rotatable bonds is 3. The van der Waals surface area contributed by atoms with Crippen molar-refractivity contribution in [3.05, 3.63) is 22.7 Å². The summed E-state index contributed by atoms with van der Waals surface area (Å²) in [5.74, 6) is -0.181. The largest absolute Gasteiger partial charge is 0.397 e. The molecule has 102 valence electrons. The van der Waals surface area contributed by atoms with E-state index in [4.69, 9.17) is 10.8 Å². The van der Waals surface area contributed by atoms with Crippen molar-refractivity contribution >= 4 is 33.1 Å². The number of nitrogens with zero attached hydrogens (tertiary/aromatic N) is 2. The molecule has 0 aliphatic rings. The van der Waals surface area contributed by atoms with E-state index in [1.807, 2.05) is 19.1 Å². The van der Waals surface area contributed by atoms with Crippen molar-refractivity contribution in [3.8, 4) is 0 Å². The summed E-state index contributed by atoms with van der Waals surface area (Å²) in [6.45, 7) is 3.60. The zero-order valence-electron chi connectivity index (χ0n) is 11.2. The van der Waals surface area contributed by atoms with Gasteiger partial charge in [-0.2, -0.15) is 0 Å². The van der Waals surface area contributed by atoms with Crippen LogP contribution in [-0.4, -0.2) is 40.6 Å². The number of pyridine rings is 1. The number of anilines is 1. The number of aliphatic hydroxyl groups is 1. The summed E-state index contributed by atoms with van der Waals surface area (Å²) < 4.78 is 0. The van der Waals surface area contributed by atoms with E-state index in [2.05, 4.69) is 4.98 Å². The van der Waals surface area contributed by atoms with Crippen LogP contribution in [0.25, 0.3) is 10.2 Å². The van der Waals surface area contributed by atoms with E-state index < -0.39 is 0 Å². The molecule has 0 radical (unpaired) electrons. The highest BCUT2D eigenvalue weighted by Crippen LogP contribution is 2.33. The van der Waals surface area contributed by atoms with Crippen LogP contribution < -0.4 is 5.73 Å². The van der Waals surface area contributed by atoms with E-state index in [1.165, 1.54) is 16.2 Å². The van der Waals surface area contributed by atoms with E-state index in [-0.39, 0.29) is 18.6 Å². The Balaban J connectivity index is 2.45. The Morgan fingerprint density at radius 3 is 2.89 bits per heavy atom. The predicted octanol–water partition coefficient (Wildman–Crippen LogP) is 1.64. The molecule has 1 amide bonds. The van der Waals surface area contributed by atoms with E-state index in [9.17, 15) is 4.79 Å². The monoisotopic (exact) mass is 279 g/mol. The number of thiophene rings is 1. The van der Waals surface area contributed by atoms with Gasteiger partial charge in [-0.1, -0.05) is 0 Å². The van der Waals surface area contributed by atoms with E-state index in [1.54, 1.807) is 14.0 Å². The second kappa shape index (κ2) is 5.14. The third-order valence-corrected chi connectivity index (χ3v) is 4.28. The van der Waals surface area contributed by atoms with Crippen LogP contribution in [0.4, 0.5) is 5.69 Å². The van der Waals surface area contributed by atoms with Gasteiger partial charge in [0.05, 0.1) is 18.3 Å². The van der Waals surface area contributed by atoms with Crippen molar-refractivity contribution in [3.63, 3.8) is 0 Å². The second-order valence-corrected chi connectivity index (χ2v) is 5.60. The molecule has 0 spiro atoms. The lowest BCUT2D eigenvalue weighted by Gasteiger charge is -2.22. The molecule has 6 heteroatoms. The predicted molar refractivity (Wildman–Crippen MR) is 77.4 cm³/mol. The molecule has 2 rings (SSSR count). The van der Waals surface area contributed by atoms with Crippen LogP contribution in [-0.2, 0) is 0 Å². The fourth-order valence-corrected chi connectivity index (χ4v) is 2.85. The van der Waals surface area contributed by atoms with Crippen molar-refractivity contribution in [2.75, 3.05) is 19.4 Å². The number of aromatic nitrogens is 1. The molecule has 0 fully saturated rings. The first-order valence-corrected chi connectivity index (χ1v) is 6.81. The van der Waals surface area contributed by atoms with Crippen LogP contribution in [0.2, 0.25) is 0 Å². The van der Waals surface area contributed by atoms with Gasteiger partial charge in [0.25, 0.3) is 5.91 Å². The van der Waals surface area contributed by atoms with Gasteiger partial charge >= 0.3 is 0 Å². The number of nitrogen functional groups attached to an aromatic ring is 1. The van der Waals surface area contributed by atoms with Gasteiger partial charge in [0.15, 0.2) is 0 Å². The fourth-order valence-electron chi connectivity index (χ4n) is 1.73. The van der Waals surface area contributed by atoms with Crippen molar-refractivity contribution < 1.29 is 9.90 Å². The Labute approximate surface area is 115 Å². The minimum absolute atomic E-state index is 0.0790. The number of hydrogen-bond donors (Lipinski definition) is 2. The molecule has 0 saturated heterocycles. The zero-order chi connectivity index (χ0) is 14.2. The highest BCUT2D eigenvalue weighted by Gasteiger charge is 2.23. The van der Waals surface area contributed by atoms with Crippen LogP contribution in [0, 0.1) is 6.92 Å². The number of aryl methyl sites for hydroxylation is 1. The highest BCUT2D eigenvalue weighted by molar-refractivity contribution is 7.21. The average Bonchev–Trinajstić information content (AvgIpc) is 2.72. The molecule has 0 aliphatic heterocycles. The number of aliphatic hydroxyl groups excluding tert-OH is 1. The zero-order valence-corrected chi connectivity index (χ0v) is 12.0. The minimum atomic E-state index is -0.244. The summed E-state index contributed by atoms with van der Waals surface area (Å²) in [4.78, 5) is 19.5. The number of carbonyl (C=O) groups is 1. The number of carbonyl (C=O) groups excluding carboxylic acids is 1. The SMILES string of the molecule is Cc1ccc2c(N)c(C(=O)N(C)C(C)CO)sc2n1. The van der Waals surface area contributed by atoms with Gasteiger partial charge in [-0.25, -0.2) is 4.98 Å². The molecule has 19 heavy (non-hydrogen) atoms. The van der Waals surface area contributed by atoms with E-state index in [0.717, 1.165) is 15.9 Å². The smallest absolute Gasteiger partial charge is 0.266 e. The quantitative estimate of drug-likeness (QED) is 0.895.